The van der Waals surface area contributed by atoms with Crippen LogP contribution in [-0.4, -0.2) is 5.78 Å². The average molecular weight is 787 g/mol. The molecule has 0 saturated heterocycles. The van der Waals surface area contributed by atoms with Crippen molar-refractivity contribution in [2.75, 3.05) is 0 Å². The van der Waals surface area contributed by atoms with Crippen LogP contribution in [0.2, 0.25) is 0 Å². The summed E-state index contributed by atoms with van der Waals surface area (Å²) in [6.45, 7) is 18.4. The van der Waals surface area contributed by atoms with E-state index in [-0.39, 0.29) is 22.7 Å². The predicted molar refractivity (Wildman–Crippen MR) is 215 cm³/mol. The van der Waals surface area contributed by atoms with Crippen LogP contribution in [0.25, 0.3) is 9.69 Å². The Hall–Kier alpha value is -7.77. The summed E-state index contributed by atoms with van der Waals surface area (Å²) < 4.78 is 40.4. The van der Waals surface area contributed by atoms with E-state index >= 15 is 0 Å². The quantitative estimate of drug-likeness (QED) is 0.102. The van der Waals surface area contributed by atoms with Crippen LogP contribution in [-0.2, 0) is 4.79 Å². The lowest BCUT2D eigenvalue weighted by molar-refractivity contribution is -0.110. The molecule has 0 unspecified atom stereocenters. The molecule has 0 saturated carbocycles. The van der Waals surface area contributed by atoms with Gasteiger partial charge >= 0.3 is 0 Å². The first-order chi connectivity index (χ1) is 26.5. The first kappa shape index (κ1) is 43.4. The molecule has 5 rings (SSSR count). The number of nitrogens with zero attached hydrogens (tertiary/aromatic N) is 3. The zero-order chi connectivity index (χ0) is 40.6. The number of rotatable bonds is 2. The minimum Gasteiger partial charge on any atom is -0.290 e. The van der Waals surface area contributed by atoms with Gasteiger partial charge in [0, 0.05) is 37.9 Å². The van der Waals surface area contributed by atoms with Crippen LogP contribution in [0, 0.1) is 90.3 Å². The molecule has 264 valence electrons. The van der Waals surface area contributed by atoms with E-state index in [0.29, 0.717) is 15.6 Å². The van der Waals surface area contributed by atoms with Crippen molar-refractivity contribution in [2.45, 2.75) is 6.92 Å². The number of ketones is 1. The molecule has 0 atom stereocenters. The molecule has 0 bridgehead atoms. The SMILES string of the molecule is C#Cc1ccc(C#C)cc1.C=CC(=O)C=CC.[C-]#[N+]c1ccc(Br)cc1F.[C-]#[N+]c1ccc(C#Cc2ccc(C#Cc3ccc(C#N)c(F)c3)cc2)cc1F. The second-order valence-electron chi connectivity index (χ2n) is 10.3. The zero-order valence-electron chi connectivity index (χ0n) is 29.2. The number of halogens is 4. The van der Waals surface area contributed by atoms with E-state index < -0.39 is 17.5 Å². The van der Waals surface area contributed by atoms with E-state index in [1.165, 1.54) is 48.6 Å². The minimum atomic E-state index is -0.596. The number of hydrogen-bond donors (Lipinski definition) is 0. The van der Waals surface area contributed by atoms with Crippen LogP contribution in [0.5, 0.6) is 0 Å². The van der Waals surface area contributed by atoms with E-state index in [9.17, 15) is 18.0 Å². The number of benzene rings is 5. The van der Waals surface area contributed by atoms with Crippen LogP contribution >= 0.6 is 15.9 Å². The number of hydrogen-bond acceptors (Lipinski definition) is 2. The molecule has 0 spiro atoms. The van der Waals surface area contributed by atoms with E-state index in [1.807, 2.05) is 24.3 Å². The van der Waals surface area contributed by atoms with Crippen molar-refractivity contribution in [3.8, 4) is 54.4 Å². The highest BCUT2D eigenvalue weighted by molar-refractivity contribution is 9.10. The smallest absolute Gasteiger partial charge is 0.222 e. The fourth-order valence-corrected chi connectivity index (χ4v) is 4.08. The third-order valence-corrected chi connectivity index (χ3v) is 7.02. The molecule has 5 aromatic carbocycles. The molecule has 55 heavy (non-hydrogen) atoms. The second kappa shape index (κ2) is 23.7. The summed E-state index contributed by atoms with van der Waals surface area (Å²) in [4.78, 5) is 16.2. The standard InChI is InChI=1S/C24H10F2N2.C10H6.C7H3BrFN.C6H8O/c1-28-24-13-11-20(15-23(24)26)9-7-18-4-2-17(3-5-18)6-8-19-10-12-21(16-27)22(25)14-19;1-3-9-5-7-10(4-2)8-6-9;1-10-7-3-2-5(8)4-6(7)9;1-3-5-6(7)4-2/h2-5,10-15H;1-2,5-8H;2-4H;3-5H,2H2,1H3. The topological polar surface area (TPSA) is 49.6 Å². The molecule has 0 amide bonds. The number of carbonyl (C=O) groups excluding carboxylic acids is 1. The van der Waals surface area contributed by atoms with Gasteiger partial charge in [-0.15, -0.1) is 12.8 Å². The van der Waals surface area contributed by atoms with E-state index in [2.05, 4.69) is 67.7 Å². The second-order valence-corrected chi connectivity index (χ2v) is 11.3. The van der Waals surface area contributed by atoms with Gasteiger partial charge in [0.1, 0.15) is 23.5 Å². The molecule has 0 aromatic heterocycles. The molecule has 0 aliphatic heterocycles. The van der Waals surface area contributed by atoms with Crippen LogP contribution < -0.4 is 0 Å². The largest absolute Gasteiger partial charge is 0.290 e. The molecule has 0 aliphatic rings. The van der Waals surface area contributed by atoms with Crippen molar-refractivity contribution in [3.05, 3.63) is 212 Å². The molecule has 0 aliphatic carbocycles. The summed E-state index contributed by atoms with van der Waals surface area (Å²) in [5.74, 6) is 14.9. The highest BCUT2D eigenvalue weighted by Gasteiger charge is 2.02. The minimum absolute atomic E-state index is 0.0166. The van der Waals surface area contributed by atoms with Gasteiger partial charge in [-0.2, -0.15) is 5.26 Å². The van der Waals surface area contributed by atoms with E-state index in [1.54, 1.807) is 61.5 Å². The van der Waals surface area contributed by atoms with Gasteiger partial charge in [0.2, 0.25) is 11.4 Å². The maximum Gasteiger partial charge on any atom is 0.222 e. The van der Waals surface area contributed by atoms with Crippen molar-refractivity contribution < 1.29 is 18.0 Å². The zero-order valence-corrected chi connectivity index (χ0v) is 30.8. The summed E-state index contributed by atoms with van der Waals surface area (Å²) in [6.07, 6.45) is 14.7. The van der Waals surface area contributed by atoms with Crippen LogP contribution in [0.1, 0.15) is 45.9 Å². The highest BCUT2D eigenvalue weighted by Crippen LogP contribution is 2.21. The van der Waals surface area contributed by atoms with Crippen molar-refractivity contribution in [1.82, 2.24) is 0 Å². The lowest BCUT2D eigenvalue weighted by atomic mass is 10.1. The number of allylic oxidation sites excluding steroid dienone is 3. The van der Waals surface area contributed by atoms with Crippen LogP contribution in [0.4, 0.5) is 24.5 Å². The Labute approximate surface area is 328 Å². The molecule has 8 heteroatoms. The fraction of sp³-hybridized carbons (Fsp3) is 0.0213. The summed E-state index contributed by atoms with van der Waals surface area (Å²) in [5, 5.41) is 8.73. The van der Waals surface area contributed by atoms with Crippen molar-refractivity contribution in [1.29, 1.82) is 5.26 Å². The summed E-state index contributed by atoms with van der Waals surface area (Å²) >= 11 is 3.08. The fourth-order valence-electron chi connectivity index (χ4n) is 3.75. The van der Waals surface area contributed by atoms with Crippen molar-refractivity contribution in [2.24, 2.45) is 0 Å². The Bertz CT molecular complexity index is 2400. The summed E-state index contributed by atoms with van der Waals surface area (Å²) in [6, 6.07) is 29.0. The third-order valence-electron chi connectivity index (χ3n) is 6.53. The van der Waals surface area contributed by atoms with Gasteiger partial charge in [-0.25, -0.2) is 22.9 Å². The van der Waals surface area contributed by atoms with Crippen molar-refractivity contribution in [3.63, 3.8) is 0 Å². The van der Waals surface area contributed by atoms with Gasteiger partial charge in [-0.1, -0.05) is 88.4 Å². The van der Waals surface area contributed by atoms with Gasteiger partial charge < -0.3 is 0 Å². The molecule has 0 radical (unpaired) electrons. The van der Waals surface area contributed by atoms with Gasteiger partial charge in [0.25, 0.3) is 0 Å². The van der Waals surface area contributed by atoms with Crippen molar-refractivity contribution >= 4 is 33.1 Å². The number of nitriles is 1. The van der Waals surface area contributed by atoms with Gasteiger partial charge in [0.15, 0.2) is 5.78 Å². The maximum atomic E-state index is 13.6. The molecule has 4 nitrogen and oxygen atoms in total. The van der Waals surface area contributed by atoms with E-state index in [4.69, 9.17) is 31.3 Å². The lowest BCUT2D eigenvalue weighted by Gasteiger charge is -1.95. The van der Waals surface area contributed by atoms with Gasteiger partial charge in [0.05, 0.1) is 18.7 Å². The third kappa shape index (κ3) is 15.6. The predicted octanol–water partition coefficient (Wildman–Crippen LogP) is 11.3. The average Bonchev–Trinajstić information content (AvgIpc) is 3.20. The number of carbonyl (C=O) groups is 1. The Morgan fingerprint density at radius 1 is 0.673 bits per heavy atom. The molecule has 0 heterocycles. The summed E-state index contributed by atoms with van der Waals surface area (Å²) in [5.41, 5.74) is 4.14. The molecular weight excluding hydrogens is 759 g/mol. The lowest BCUT2D eigenvalue weighted by Crippen LogP contribution is -1.85. The number of terminal acetylenes is 2. The molecule has 0 fully saturated rings. The first-order valence-corrected chi connectivity index (χ1v) is 16.5. The summed E-state index contributed by atoms with van der Waals surface area (Å²) in [7, 11) is 0. The maximum absolute atomic E-state index is 13.6. The van der Waals surface area contributed by atoms with Gasteiger partial charge in [-0.05, 0) is 97.9 Å². The normalized spacial score (nSPS) is 8.87. The molecule has 5 aromatic rings. The Balaban J connectivity index is 0.000000314. The Morgan fingerprint density at radius 2 is 1.07 bits per heavy atom. The first-order valence-electron chi connectivity index (χ1n) is 15.7. The monoisotopic (exact) mass is 785 g/mol. The molecule has 0 N–H and O–H groups in total. The van der Waals surface area contributed by atoms with E-state index in [0.717, 1.165) is 22.3 Å². The van der Waals surface area contributed by atoms with Crippen LogP contribution in [0.3, 0.4) is 0 Å². The van der Waals surface area contributed by atoms with Crippen LogP contribution in [0.15, 0.2) is 132 Å². The molecular formula is C47H27BrF3N3O. The Morgan fingerprint density at radius 3 is 1.44 bits per heavy atom. The Kier molecular flexibility index (Phi) is 18.7. The van der Waals surface area contributed by atoms with Gasteiger partial charge in [-0.3, -0.25) is 4.79 Å². The highest BCUT2D eigenvalue weighted by atomic mass is 79.9.